The first kappa shape index (κ1) is 18.5. The predicted molar refractivity (Wildman–Crippen MR) is 99.0 cm³/mol. The molecule has 0 fully saturated rings. The molecule has 138 valence electrons. The van der Waals surface area contributed by atoms with Gasteiger partial charge in [0.15, 0.2) is 0 Å². The summed E-state index contributed by atoms with van der Waals surface area (Å²) in [5.74, 6) is -0.857. The molecule has 27 heavy (non-hydrogen) atoms. The van der Waals surface area contributed by atoms with Gasteiger partial charge in [-0.2, -0.15) is 0 Å². The third-order valence-corrected chi connectivity index (χ3v) is 4.39. The van der Waals surface area contributed by atoms with Gasteiger partial charge < -0.3 is 4.74 Å². The van der Waals surface area contributed by atoms with Crippen molar-refractivity contribution in [2.24, 2.45) is 0 Å². The van der Waals surface area contributed by atoms with Crippen molar-refractivity contribution in [1.82, 2.24) is 15.8 Å². The summed E-state index contributed by atoms with van der Waals surface area (Å²) >= 11 is 1.56. The van der Waals surface area contributed by atoms with Gasteiger partial charge in [-0.1, -0.05) is 0 Å². The molecular weight excluding hydrogens is 369 g/mol. The van der Waals surface area contributed by atoms with E-state index in [1.54, 1.807) is 35.6 Å². The average Bonchev–Trinajstić information content (AvgIpc) is 3.10. The Labute approximate surface area is 159 Å². The van der Waals surface area contributed by atoms with E-state index in [2.05, 4.69) is 15.8 Å². The zero-order chi connectivity index (χ0) is 19.2. The van der Waals surface area contributed by atoms with Gasteiger partial charge in [-0.15, -0.1) is 11.3 Å². The van der Waals surface area contributed by atoms with Crippen molar-refractivity contribution in [3.05, 3.63) is 81.6 Å². The van der Waals surface area contributed by atoms with Crippen molar-refractivity contribution < 1.29 is 18.7 Å². The Morgan fingerprint density at radius 3 is 2.07 bits per heavy atom. The third-order valence-electron chi connectivity index (χ3n) is 3.57. The first-order chi connectivity index (χ1) is 13.0. The number of thiazole rings is 1. The molecule has 3 aromatic rings. The van der Waals surface area contributed by atoms with Crippen LogP contribution in [0.1, 0.15) is 31.4 Å². The van der Waals surface area contributed by atoms with Gasteiger partial charge in [-0.05, 0) is 55.5 Å². The minimum Gasteiger partial charge on any atom is -0.487 e. The van der Waals surface area contributed by atoms with Crippen molar-refractivity contribution in [3.8, 4) is 5.75 Å². The highest BCUT2D eigenvalue weighted by Gasteiger charge is 2.09. The van der Waals surface area contributed by atoms with E-state index in [1.807, 2.05) is 12.3 Å². The number of nitrogens with zero attached hydrogens (tertiary/aromatic N) is 1. The van der Waals surface area contributed by atoms with E-state index in [4.69, 9.17) is 4.74 Å². The number of hydrogen-bond donors (Lipinski definition) is 2. The highest BCUT2D eigenvalue weighted by Crippen LogP contribution is 2.15. The molecule has 3 rings (SSSR count). The lowest BCUT2D eigenvalue weighted by Gasteiger charge is -2.08. The van der Waals surface area contributed by atoms with Crippen LogP contribution in [-0.4, -0.2) is 16.8 Å². The number of carbonyl (C=O) groups is 2. The Morgan fingerprint density at radius 1 is 1.00 bits per heavy atom. The molecule has 0 saturated heterocycles. The van der Waals surface area contributed by atoms with E-state index in [0.717, 1.165) is 10.7 Å². The van der Waals surface area contributed by atoms with Crippen molar-refractivity contribution in [2.75, 3.05) is 0 Å². The average molecular weight is 385 g/mol. The summed E-state index contributed by atoms with van der Waals surface area (Å²) in [6.07, 6.45) is 0. The molecule has 8 heteroatoms. The molecular formula is C19H16FN3O3S. The van der Waals surface area contributed by atoms with Crippen LogP contribution in [0.15, 0.2) is 53.9 Å². The quantitative estimate of drug-likeness (QED) is 0.661. The van der Waals surface area contributed by atoms with E-state index >= 15 is 0 Å². The van der Waals surface area contributed by atoms with Gasteiger partial charge in [-0.25, -0.2) is 9.37 Å². The summed E-state index contributed by atoms with van der Waals surface area (Å²) in [4.78, 5) is 28.3. The molecule has 0 atom stereocenters. The van der Waals surface area contributed by atoms with Crippen LogP contribution >= 0.6 is 11.3 Å². The topological polar surface area (TPSA) is 80.3 Å². The normalized spacial score (nSPS) is 10.3. The summed E-state index contributed by atoms with van der Waals surface area (Å²) in [7, 11) is 0. The lowest BCUT2D eigenvalue weighted by Crippen LogP contribution is -2.41. The number of amides is 2. The molecule has 0 unspecified atom stereocenters. The predicted octanol–water partition coefficient (Wildman–Crippen LogP) is 3.24. The molecule has 0 aliphatic carbocycles. The lowest BCUT2D eigenvalue weighted by molar-refractivity contribution is 0.0846. The molecule has 0 bridgehead atoms. The first-order valence-corrected chi connectivity index (χ1v) is 8.89. The van der Waals surface area contributed by atoms with Gasteiger partial charge in [0.1, 0.15) is 18.2 Å². The van der Waals surface area contributed by atoms with Crippen LogP contribution < -0.4 is 15.6 Å². The highest BCUT2D eigenvalue weighted by molar-refractivity contribution is 7.09. The Kier molecular flexibility index (Phi) is 5.77. The molecule has 2 N–H and O–H groups in total. The number of carbonyl (C=O) groups excluding carboxylic acids is 2. The Hall–Kier alpha value is -3.26. The van der Waals surface area contributed by atoms with E-state index < -0.39 is 17.6 Å². The van der Waals surface area contributed by atoms with Gasteiger partial charge in [-0.3, -0.25) is 20.4 Å². The number of rotatable bonds is 5. The number of hydrazine groups is 1. The summed E-state index contributed by atoms with van der Waals surface area (Å²) in [5.41, 5.74) is 6.03. The number of benzene rings is 2. The fourth-order valence-electron chi connectivity index (χ4n) is 2.19. The van der Waals surface area contributed by atoms with Crippen LogP contribution in [0, 0.1) is 12.7 Å². The monoisotopic (exact) mass is 385 g/mol. The molecule has 2 amide bonds. The minimum atomic E-state index is -0.540. The Morgan fingerprint density at radius 2 is 1.56 bits per heavy atom. The van der Waals surface area contributed by atoms with E-state index in [-0.39, 0.29) is 5.56 Å². The molecule has 0 saturated carbocycles. The van der Waals surface area contributed by atoms with Crippen molar-refractivity contribution in [3.63, 3.8) is 0 Å². The fourth-order valence-corrected chi connectivity index (χ4v) is 2.79. The zero-order valence-corrected chi connectivity index (χ0v) is 15.2. The maximum absolute atomic E-state index is 12.9. The molecule has 2 aromatic carbocycles. The summed E-state index contributed by atoms with van der Waals surface area (Å²) in [6, 6.07) is 11.5. The minimum absolute atomic E-state index is 0.234. The van der Waals surface area contributed by atoms with Gasteiger partial charge in [0.25, 0.3) is 11.8 Å². The second-order valence-electron chi connectivity index (χ2n) is 5.59. The van der Waals surface area contributed by atoms with Crippen LogP contribution in [-0.2, 0) is 6.61 Å². The van der Waals surface area contributed by atoms with Crippen LogP contribution in [0.4, 0.5) is 4.39 Å². The summed E-state index contributed by atoms with van der Waals surface area (Å²) < 4.78 is 18.5. The second kappa shape index (κ2) is 8.41. The highest BCUT2D eigenvalue weighted by atomic mass is 32.1. The van der Waals surface area contributed by atoms with Crippen molar-refractivity contribution in [2.45, 2.75) is 13.5 Å². The van der Waals surface area contributed by atoms with Gasteiger partial charge in [0, 0.05) is 16.5 Å². The van der Waals surface area contributed by atoms with Crippen molar-refractivity contribution in [1.29, 1.82) is 0 Å². The molecule has 0 spiro atoms. The van der Waals surface area contributed by atoms with E-state index in [9.17, 15) is 14.0 Å². The smallest absolute Gasteiger partial charge is 0.269 e. The zero-order valence-electron chi connectivity index (χ0n) is 14.4. The van der Waals surface area contributed by atoms with E-state index in [1.165, 1.54) is 24.3 Å². The van der Waals surface area contributed by atoms with Gasteiger partial charge >= 0.3 is 0 Å². The fraction of sp³-hybridized carbons (Fsp3) is 0.105. The summed E-state index contributed by atoms with van der Waals surface area (Å²) in [5, 5.41) is 2.91. The number of aryl methyl sites for hydroxylation is 1. The molecule has 1 aromatic heterocycles. The number of ether oxygens (including phenoxy) is 1. The van der Waals surface area contributed by atoms with Gasteiger partial charge in [0.2, 0.25) is 0 Å². The molecule has 6 nitrogen and oxygen atoms in total. The number of halogens is 1. The molecule has 0 aliphatic rings. The third kappa shape index (κ3) is 5.11. The molecule has 0 aliphatic heterocycles. The number of hydrogen-bond acceptors (Lipinski definition) is 5. The number of nitrogens with one attached hydrogen (secondary N) is 2. The Balaban J connectivity index is 1.51. The van der Waals surface area contributed by atoms with Crippen LogP contribution in [0.25, 0.3) is 0 Å². The molecule has 1 heterocycles. The van der Waals surface area contributed by atoms with Crippen molar-refractivity contribution >= 4 is 23.2 Å². The van der Waals surface area contributed by atoms with E-state index in [0.29, 0.717) is 17.9 Å². The Bertz CT molecular complexity index is 940. The van der Waals surface area contributed by atoms with Gasteiger partial charge in [0.05, 0.1) is 10.7 Å². The van der Waals surface area contributed by atoms with Crippen LogP contribution in [0.5, 0.6) is 5.75 Å². The maximum Gasteiger partial charge on any atom is 0.269 e. The standard InChI is InChI=1S/C19H16FN3O3S/c1-12-21-16(11-27-12)10-26-17-8-4-14(5-9-17)19(25)23-22-18(24)13-2-6-15(20)7-3-13/h2-9,11H,10H2,1H3,(H,22,24)(H,23,25). The molecule has 0 radical (unpaired) electrons. The summed E-state index contributed by atoms with van der Waals surface area (Å²) in [6.45, 7) is 2.28. The maximum atomic E-state index is 12.9. The number of aromatic nitrogens is 1. The lowest BCUT2D eigenvalue weighted by atomic mass is 10.2. The first-order valence-electron chi connectivity index (χ1n) is 8.01. The van der Waals surface area contributed by atoms with Crippen LogP contribution in [0.3, 0.4) is 0 Å². The largest absolute Gasteiger partial charge is 0.487 e. The SMILES string of the molecule is Cc1nc(COc2ccc(C(=O)NNC(=O)c3ccc(F)cc3)cc2)cs1. The second-order valence-corrected chi connectivity index (χ2v) is 6.65. The van der Waals surface area contributed by atoms with Crippen LogP contribution in [0.2, 0.25) is 0 Å².